The smallest absolute Gasteiger partial charge is 0.319 e. The molecule has 0 aliphatic rings. The minimum absolute atomic E-state index is 0.0831. The molecule has 1 aromatic heterocycles. The molecule has 2 N–H and O–H groups in total. The van der Waals surface area contributed by atoms with Gasteiger partial charge in [0.2, 0.25) is 0 Å². The van der Waals surface area contributed by atoms with E-state index in [4.69, 9.17) is 0 Å². The molecule has 112 valence electrons. The molecule has 2 amide bonds. The molecule has 0 radical (unpaired) electrons. The number of thiophene rings is 1. The van der Waals surface area contributed by atoms with Crippen LogP contribution in [0.5, 0.6) is 0 Å². The maximum Gasteiger partial charge on any atom is 0.319 e. The fraction of sp³-hybridized carbons (Fsp3) is 0.214. The summed E-state index contributed by atoms with van der Waals surface area (Å²) in [7, 11) is -3.22. The van der Waals surface area contributed by atoms with Crippen LogP contribution in [0, 0.1) is 0 Å². The van der Waals surface area contributed by atoms with Crippen molar-refractivity contribution in [3.05, 3.63) is 46.7 Å². The van der Waals surface area contributed by atoms with Crippen molar-refractivity contribution < 1.29 is 13.2 Å². The van der Waals surface area contributed by atoms with Gasteiger partial charge in [0.25, 0.3) is 0 Å². The molecule has 0 aliphatic heterocycles. The Kier molecular flexibility index (Phi) is 4.64. The minimum Gasteiger partial charge on any atom is -0.331 e. The summed E-state index contributed by atoms with van der Waals surface area (Å²) in [6.07, 6.45) is 1.14. The molecule has 7 heteroatoms. The molecule has 0 saturated carbocycles. The molecular weight excluding hydrogens is 308 g/mol. The van der Waals surface area contributed by atoms with E-state index in [1.54, 1.807) is 23.5 Å². The lowest BCUT2D eigenvalue weighted by Crippen LogP contribution is -2.30. The molecule has 0 bridgehead atoms. The molecule has 0 aliphatic carbocycles. The third-order valence-corrected chi connectivity index (χ3v) is 5.04. The van der Waals surface area contributed by atoms with Crippen molar-refractivity contribution >= 4 is 32.9 Å². The third-order valence-electron chi connectivity index (χ3n) is 2.86. The fourth-order valence-corrected chi connectivity index (χ4v) is 3.12. The topological polar surface area (TPSA) is 75.3 Å². The van der Waals surface area contributed by atoms with Gasteiger partial charge in [-0.05, 0) is 42.6 Å². The van der Waals surface area contributed by atoms with Crippen LogP contribution in [-0.2, 0) is 9.84 Å². The number of nitrogens with one attached hydrogen (secondary N) is 2. The Balaban J connectivity index is 1.97. The summed E-state index contributed by atoms with van der Waals surface area (Å²) >= 11 is 1.57. The van der Waals surface area contributed by atoms with Crippen molar-refractivity contribution in [2.24, 2.45) is 0 Å². The summed E-state index contributed by atoms with van der Waals surface area (Å²) < 4.78 is 22.7. The van der Waals surface area contributed by atoms with Crippen LogP contribution >= 0.6 is 11.3 Å². The van der Waals surface area contributed by atoms with Crippen LogP contribution in [0.2, 0.25) is 0 Å². The van der Waals surface area contributed by atoms with Gasteiger partial charge in [-0.3, -0.25) is 0 Å². The Bertz CT molecular complexity index is 707. The fourth-order valence-electron chi connectivity index (χ4n) is 1.76. The van der Waals surface area contributed by atoms with Gasteiger partial charge in [0.15, 0.2) is 9.84 Å². The van der Waals surface area contributed by atoms with Crippen LogP contribution in [0.15, 0.2) is 46.7 Å². The van der Waals surface area contributed by atoms with Crippen molar-refractivity contribution in [2.75, 3.05) is 11.6 Å². The first-order valence-electron chi connectivity index (χ1n) is 6.27. The van der Waals surface area contributed by atoms with Crippen molar-refractivity contribution in [3.8, 4) is 0 Å². The molecule has 5 nitrogen and oxygen atoms in total. The summed E-state index contributed by atoms with van der Waals surface area (Å²) in [6, 6.07) is 9.53. The van der Waals surface area contributed by atoms with Crippen molar-refractivity contribution in [3.63, 3.8) is 0 Å². The summed E-state index contributed by atoms with van der Waals surface area (Å²) in [5.74, 6) is 0. The second-order valence-electron chi connectivity index (χ2n) is 4.63. The first kappa shape index (κ1) is 15.5. The van der Waals surface area contributed by atoms with Gasteiger partial charge in [0.05, 0.1) is 10.9 Å². The van der Waals surface area contributed by atoms with E-state index in [9.17, 15) is 13.2 Å². The van der Waals surface area contributed by atoms with Crippen LogP contribution in [0.3, 0.4) is 0 Å². The van der Waals surface area contributed by atoms with Crippen LogP contribution < -0.4 is 10.6 Å². The van der Waals surface area contributed by atoms with E-state index in [1.165, 1.54) is 12.1 Å². The average molecular weight is 324 g/mol. The van der Waals surface area contributed by atoms with Gasteiger partial charge < -0.3 is 10.6 Å². The Labute approximate surface area is 127 Å². The zero-order chi connectivity index (χ0) is 15.5. The monoisotopic (exact) mass is 324 g/mol. The van der Waals surface area contributed by atoms with Gasteiger partial charge in [-0.25, -0.2) is 13.2 Å². The van der Waals surface area contributed by atoms with Crippen molar-refractivity contribution in [1.29, 1.82) is 0 Å². The molecule has 0 spiro atoms. The summed E-state index contributed by atoms with van der Waals surface area (Å²) in [5.41, 5.74) is 0.540. The van der Waals surface area contributed by atoms with Gasteiger partial charge >= 0.3 is 6.03 Å². The van der Waals surface area contributed by atoms with Gasteiger partial charge in [0, 0.05) is 16.8 Å². The number of hydrogen-bond donors (Lipinski definition) is 2. The van der Waals surface area contributed by atoms with E-state index < -0.39 is 9.84 Å². The van der Waals surface area contributed by atoms with Gasteiger partial charge in [-0.15, -0.1) is 11.3 Å². The van der Waals surface area contributed by atoms with E-state index >= 15 is 0 Å². The van der Waals surface area contributed by atoms with Crippen molar-refractivity contribution in [1.82, 2.24) is 5.32 Å². The standard InChI is InChI=1S/C14H16N2O3S2/c1-10(13-4-3-9-20-13)15-14(17)16-11-5-7-12(8-6-11)21(2,18)19/h3-10H,1-2H3,(H2,15,16,17)/t10-/m0/s1. The molecular formula is C14H16N2O3S2. The highest BCUT2D eigenvalue weighted by atomic mass is 32.2. The number of carbonyl (C=O) groups is 1. The van der Waals surface area contributed by atoms with Crippen LogP contribution in [-0.4, -0.2) is 20.7 Å². The van der Waals surface area contributed by atoms with Crippen molar-refractivity contribution in [2.45, 2.75) is 17.9 Å². The molecule has 0 fully saturated rings. The Morgan fingerprint density at radius 1 is 1.19 bits per heavy atom. The molecule has 2 rings (SSSR count). The highest BCUT2D eigenvalue weighted by Crippen LogP contribution is 2.18. The quantitative estimate of drug-likeness (QED) is 0.907. The lowest BCUT2D eigenvalue weighted by molar-refractivity contribution is 0.249. The maximum atomic E-state index is 11.9. The molecule has 2 aromatic rings. The van der Waals surface area contributed by atoms with Gasteiger partial charge in [-0.2, -0.15) is 0 Å². The number of sulfone groups is 1. The largest absolute Gasteiger partial charge is 0.331 e. The highest BCUT2D eigenvalue weighted by molar-refractivity contribution is 7.90. The predicted molar refractivity (Wildman–Crippen MR) is 84.4 cm³/mol. The first-order chi connectivity index (χ1) is 9.86. The first-order valence-corrected chi connectivity index (χ1v) is 9.04. The molecule has 1 atom stereocenters. The van der Waals surface area contributed by atoms with Gasteiger partial charge in [-0.1, -0.05) is 6.07 Å². The zero-order valence-corrected chi connectivity index (χ0v) is 13.3. The molecule has 21 heavy (non-hydrogen) atoms. The Morgan fingerprint density at radius 3 is 2.38 bits per heavy atom. The number of rotatable bonds is 4. The van der Waals surface area contributed by atoms with E-state index in [1.807, 2.05) is 24.4 Å². The van der Waals surface area contributed by atoms with E-state index in [-0.39, 0.29) is 17.0 Å². The minimum atomic E-state index is -3.22. The summed E-state index contributed by atoms with van der Waals surface area (Å²) in [5, 5.41) is 7.44. The normalized spacial score (nSPS) is 12.7. The van der Waals surface area contributed by atoms with Crippen LogP contribution in [0.25, 0.3) is 0 Å². The SMILES string of the molecule is C[C@H](NC(=O)Nc1ccc(S(C)(=O)=O)cc1)c1cccs1. The molecule has 1 heterocycles. The molecule has 1 aromatic carbocycles. The second-order valence-corrected chi connectivity index (χ2v) is 7.63. The highest BCUT2D eigenvalue weighted by Gasteiger charge is 2.11. The van der Waals surface area contributed by atoms with Crippen LogP contribution in [0.4, 0.5) is 10.5 Å². The van der Waals surface area contributed by atoms with E-state index in [0.717, 1.165) is 11.1 Å². The predicted octanol–water partition coefficient (Wildman–Crippen LogP) is 3.03. The molecule has 0 saturated heterocycles. The van der Waals surface area contributed by atoms with E-state index in [0.29, 0.717) is 5.69 Å². The molecule has 0 unspecified atom stereocenters. The second kappa shape index (κ2) is 6.28. The third kappa shape index (κ3) is 4.30. The maximum absolute atomic E-state index is 11.9. The Hall–Kier alpha value is -1.86. The number of carbonyl (C=O) groups excluding carboxylic acids is 1. The summed E-state index contributed by atoms with van der Waals surface area (Å²) in [6.45, 7) is 1.90. The van der Waals surface area contributed by atoms with Gasteiger partial charge in [0.1, 0.15) is 0 Å². The lowest BCUT2D eigenvalue weighted by Gasteiger charge is -2.13. The van der Waals surface area contributed by atoms with E-state index in [2.05, 4.69) is 10.6 Å². The zero-order valence-electron chi connectivity index (χ0n) is 11.7. The summed E-state index contributed by atoms with van der Waals surface area (Å²) in [4.78, 5) is 13.2. The number of urea groups is 1. The number of hydrogen-bond acceptors (Lipinski definition) is 4. The lowest BCUT2D eigenvalue weighted by atomic mass is 10.3. The van der Waals surface area contributed by atoms with Crippen LogP contribution in [0.1, 0.15) is 17.8 Å². The number of benzene rings is 1. The number of anilines is 1. The Morgan fingerprint density at radius 2 is 1.86 bits per heavy atom. The number of amides is 2. The average Bonchev–Trinajstić information content (AvgIpc) is 2.92.